The summed E-state index contributed by atoms with van der Waals surface area (Å²) in [6.45, 7) is 7.37. The highest BCUT2D eigenvalue weighted by molar-refractivity contribution is 5.20. The van der Waals surface area contributed by atoms with Crippen LogP contribution >= 0.6 is 0 Å². The Morgan fingerprint density at radius 2 is 1.83 bits per heavy atom. The third-order valence-electron chi connectivity index (χ3n) is 3.51. The molecule has 1 unspecified atom stereocenters. The number of rotatable bonds is 8. The van der Waals surface area contributed by atoms with Crippen molar-refractivity contribution in [2.45, 2.75) is 45.3 Å². The summed E-state index contributed by atoms with van der Waals surface area (Å²) in [5.41, 5.74) is 0.105. The van der Waals surface area contributed by atoms with Gasteiger partial charge in [-0.25, -0.2) is 0 Å². The van der Waals surface area contributed by atoms with E-state index in [9.17, 15) is 5.11 Å². The van der Waals surface area contributed by atoms with Crippen molar-refractivity contribution in [3.05, 3.63) is 30.3 Å². The Bertz CT molecular complexity index is 323. The average molecular weight is 251 g/mol. The van der Waals surface area contributed by atoms with Crippen LogP contribution < -0.4 is 10.1 Å². The molecule has 0 heterocycles. The summed E-state index contributed by atoms with van der Waals surface area (Å²) >= 11 is 0. The Morgan fingerprint density at radius 3 is 2.39 bits per heavy atom. The van der Waals surface area contributed by atoms with E-state index in [4.69, 9.17) is 4.74 Å². The monoisotopic (exact) mass is 251 g/mol. The number of β-amino-alcohol motifs (C(OH)–C–C–N with tert-alkyl or cyclic N) is 1. The summed E-state index contributed by atoms with van der Waals surface area (Å²) in [5, 5.41) is 13.3. The van der Waals surface area contributed by atoms with Crippen LogP contribution in [-0.2, 0) is 0 Å². The number of nitrogens with one attached hydrogen (secondary N) is 1. The zero-order chi connectivity index (χ0) is 13.4. The van der Waals surface area contributed by atoms with Crippen molar-refractivity contribution in [3.63, 3.8) is 0 Å². The molecule has 0 saturated carbocycles. The molecule has 0 fully saturated rings. The van der Waals surface area contributed by atoms with Crippen molar-refractivity contribution in [1.29, 1.82) is 0 Å². The van der Waals surface area contributed by atoms with Crippen LogP contribution in [0.4, 0.5) is 0 Å². The number of aliphatic hydroxyl groups is 1. The van der Waals surface area contributed by atoms with Crippen LogP contribution in [0.3, 0.4) is 0 Å². The second-order valence-electron chi connectivity index (χ2n) is 4.93. The highest BCUT2D eigenvalue weighted by Gasteiger charge is 2.19. The molecule has 0 aliphatic heterocycles. The molecule has 1 atom stereocenters. The van der Waals surface area contributed by atoms with E-state index in [1.165, 1.54) is 0 Å². The van der Waals surface area contributed by atoms with Gasteiger partial charge < -0.3 is 15.2 Å². The van der Waals surface area contributed by atoms with Crippen molar-refractivity contribution in [3.8, 4) is 5.75 Å². The van der Waals surface area contributed by atoms with Crippen LogP contribution in [0, 0.1) is 0 Å². The fourth-order valence-corrected chi connectivity index (χ4v) is 1.63. The van der Waals surface area contributed by atoms with Crippen LogP contribution in [0.2, 0.25) is 0 Å². The normalized spacial score (nSPS) is 13.3. The van der Waals surface area contributed by atoms with Gasteiger partial charge in [-0.3, -0.25) is 0 Å². The van der Waals surface area contributed by atoms with E-state index in [0.717, 1.165) is 18.6 Å². The molecule has 0 bridgehead atoms. The van der Waals surface area contributed by atoms with Gasteiger partial charge in [-0.2, -0.15) is 0 Å². The highest BCUT2D eigenvalue weighted by atomic mass is 16.5. The van der Waals surface area contributed by atoms with Gasteiger partial charge in [0.25, 0.3) is 0 Å². The Morgan fingerprint density at radius 1 is 1.22 bits per heavy atom. The zero-order valence-corrected chi connectivity index (χ0v) is 11.6. The summed E-state index contributed by atoms with van der Waals surface area (Å²) < 4.78 is 5.51. The smallest absolute Gasteiger partial charge is 0.119 e. The van der Waals surface area contributed by atoms with Crippen molar-refractivity contribution in [2.24, 2.45) is 0 Å². The van der Waals surface area contributed by atoms with E-state index in [1.54, 1.807) is 0 Å². The van der Waals surface area contributed by atoms with E-state index in [-0.39, 0.29) is 5.54 Å². The first-order valence-electron chi connectivity index (χ1n) is 6.70. The maximum Gasteiger partial charge on any atom is 0.119 e. The lowest BCUT2D eigenvalue weighted by Crippen LogP contribution is -2.46. The van der Waals surface area contributed by atoms with E-state index in [0.29, 0.717) is 13.2 Å². The first-order chi connectivity index (χ1) is 8.59. The van der Waals surface area contributed by atoms with Gasteiger partial charge in [0.1, 0.15) is 18.5 Å². The third kappa shape index (κ3) is 5.07. The molecule has 0 aromatic heterocycles. The predicted molar refractivity (Wildman–Crippen MR) is 74.9 cm³/mol. The molecule has 0 spiro atoms. The van der Waals surface area contributed by atoms with Gasteiger partial charge in [0.2, 0.25) is 0 Å². The molecule has 102 valence electrons. The fraction of sp³-hybridized carbons (Fsp3) is 0.600. The molecule has 1 aromatic rings. The summed E-state index contributed by atoms with van der Waals surface area (Å²) in [6, 6.07) is 9.57. The average Bonchev–Trinajstić information content (AvgIpc) is 2.43. The molecule has 0 amide bonds. The van der Waals surface area contributed by atoms with Crippen molar-refractivity contribution < 1.29 is 9.84 Å². The Balaban J connectivity index is 2.28. The first kappa shape index (κ1) is 15.0. The Kier molecular flexibility index (Phi) is 6.16. The van der Waals surface area contributed by atoms with Crippen molar-refractivity contribution >= 4 is 0 Å². The maximum atomic E-state index is 9.88. The molecular formula is C15H25NO2. The zero-order valence-electron chi connectivity index (χ0n) is 11.6. The summed E-state index contributed by atoms with van der Waals surface area (Å²) in [7, 11) is 0. The lowest BCUT2D eigenvalue weighted by Gasteiger charge is -2.29. The van der Waals surface area contributed by atoms with Crippen LogP contribution in [0.25, 0.3) is 0 Å². The summed E-state index contributed by atoms with van der Waals surface area (Å²) in [6.07, 6.45) is 1.62. The number of hydrogen-bond donors (Lipinski definition) is 2. The number of hydrogen-bond acceptors (Lipinski definition) is 3. The van der Waals surface area contributed by atoms with Gasteiger partial charge in [-0.1, -0.05) is 32.0 Å². The standard InChI is InChI=1S/C15H25NO2/c1-4-15(3,5-2)16-11-13(17)12-18-14-9-7-6-8-10-14/h6-10,13,16-17H,4-5,11-12H2,1-3H3. The molecule has 1 rings (SSSR count). The van der Waals surface area contributed by atoms with Gasteiger partial charge >= 0.3 is 0 Å². The number of benzene rings is 1. The number of para-hydroxylation sites is 1. The quantitative estimate of drug-likeness (QED) is 0.746. The molecule has 0 radical (unpaired) electrons. The Hall–Kier alpha value is -1.06. The van der Waals surface area contributed by atoms with E-state index in [1.807, 2.05) is 30.3 Å². The van der Waals surface area contributed by atoms with Crippen LogP contribution in [0.1, 0.15) is 33.6 Å². The van der Waals surface area contributed by atoms with Crippen LogP contribution in [0.15, 0.2) is 30.3 Å². The van der Waals surface area contributed by atoms with Gasteiger partial charge in [0, 0.05) is 12.1 Å². The summed E-state index contributed by atoms with van der Waals surface area (Å²) in [4.78, 5) is 0. The molecule has 1 aromatic carbocycles. The molecule has 3 nitrogen and oxygen atoms in total. The second-order valence-corrected chi connectivity index (χ2v) is 4.93. The van der Waals surface area contributed by atoms with Crippen LogP contribution in [0.5, 0.6) is 5.75 Å². The topological polar surface area (TPSA) is 41.5 Å². The highest BCUT2D eigenvalue weighted by Crippen LogP contribution is 2.13. The summed E-state index contributed by atoms with van der Waals surface area (Å²) in [5.74, 6) is 0.797. The largest absolute Gasteiger partial charge is 0.491 e. The first-order valence-corrected chi connectivity index (χ1v) is 6.70. The molecule has 0 aliphatic rings. The lowest BCUT2D eigenvalue weighted by molar-refractivity contribution is 0.0966. The molecule has 2 N–H and O–H groups in total. The third-order valence-corrected chi connectivity index (χ3v) is 3.51. The van der Waals surface area contributed by atoms with Gasteiger partial charge in [-0.15, -0.1) is 0 Å². The molecular weight excluding hydrogens is 226 g/mol. The predicted octanol–water partition coefficient (Wildman–Crippen LogP) is 2.59. The SMILES string of the molecule is CCC(C)(CC)NCC(O)COc1ccccc1. The van der Waals surface area contributed by atoms with Gasteiger partial charge in [0.15, 0.2) is 0 Å². The van der Waals surface area contributed by atoms with E-state index < -0.39 is 6.10 Å². The van der Waals surface area contributed by atoms with Gasteiger partial charge in [-0.05, 0) is 31.9 Å². The Labute approximate surface area is 110 Å². The molecule has 0 aliphatic carbocycles. The molecule has 3 heteroatoms. The number of aliphatic hydroxyl groups excluding tert-OH is 1. The second kappa shape index (κ2) is 7.39. The minimum atomic E-state index is -0.484. The molecule has 18 heavy (non-hydrogen) atoms. The minimum Gasteiger partial charge on any atom is -0.491 e. The maximum absolute atomic E-state index is 9.88. The van der Waals surface area contributed by atoms with E-state index in [2.05, 4.69) is 26.1 Å². The molecule has 0 saturated heterocycles. The van der Waals surface area contributed by atoms with Gasteiger partial charge in [0.05, 0.1) is 0 Å². The van der Waals surface area contributed by atoms with Crippen LogP contribution in [-0.4, -0.2) is 29.9 Å². The number of ether oxygens (including phenoxy) is 1. The van der Waals surface area contributed by atoms with Crippen molar-refractivity contribution in [1.82, 2.24) is 5.32 Å². The van der Waals surface area contributed by atoms with E-state index >= 15 is 0 Å². The lowest BCUT2D eigenvalue weighted by atomic mass is 9.95. The van der Waals surface area contributed by atoms with Crippen molar-refractivity contribution in [2.75, 3.05) is 13.2 Å². The minimum absolute atomic E-state index is 0.105. The fourth-order valence-electron chi connectivity index (χ4n) is 1.63.